The summed E-state index contributed by atoms with van der Waals surface area (Å²) in [4.78, 5) is 18.4. The minimum absolute atomic E-state index is 0.206. The summed E-state index contributed by atoms with van der Waals surface area (Å²) in [5.41, 5.74) is 7.84. The summed E-state index contributed by atoms with van der Waals surface area (Å²) in [6.45, 7) is 6.08. The lowest BCUT2D eigenvalue weighted by Gasteiger charge is -2.22. The lowest BCUT2D eigenvalue weighted by Crippen LogP contribution is -2.32. The zero-order chi connectivity index (χ0) is 14.7. The molecule has 2 rings (SSSR count). The molecule has 0 aliphatic rings. The van der Waals surface area contributed by atoms with Gasteiger partial charge in [0.1, 0.15) is 0 Å². The Morgan fingerprint density at radius 1 is 1.35 bits per heavy atom. The third kappa shape index (κ3) is 2.66. The molecule has 0 saturated heterocycles. The van der Waals surface area contributed by atoms with Crippen LogP contribution in [0, 0.1) is 13.8 Å². The number of hydrogen-bond acceptors (Lipinski definition) is 4. The fourth-order valence-electron chi connectivity index (χ4n) is 2.14. The summed E-state index contributed by atoms with van der Waals surface area (Å²) in [5, 5.41) is 0. The quantitative estimate of drug-likeness (QED) is 0.869. The molecular weight excluding hydrogens is 254 g/mol. The number of benzene rings is 1. The number of aromatic nitrogens is 1. The van der Waals surface area contributed by atoms with Gasteiger partial charge in [0.2, 0.25) is 5.76 Å². The molecule has 0 unspecified atom stereocenters. The Morgan fingerprint density at radius 2 is 2.05 bits per heavy atom. The van der Waals surface area contributed by atoms with Gasteiger partial charge in [-0.3, -0.25) is 4.79 Å². The maximum atomic E-state index is 12.7. The Kier molecular flexibility index (Phi) is 4.08. The molecule has 1 aromatic carbocycles. The maximum absolute atomic E-state index is 12.7. The van der Waals surface area contributed by atoms with E-state index < -0.39 is 0 Å². The second kappa shape index (κ2) is 5.77. The van der Waals surface area contributed by atoms with Crippen LogP contribution in [0.5, 0.6) is 0 Å². The molecule has 0 spiro atoms. The van der Waals surface area contributed by atoms with Gasteiger partial charge >= 0.3 is 0 Å². The normalized spacial score (nSPS) is 10.6. The van der Waals surface area contributed by atoms with E-state index in [0.717, 1.165) is 6.42 Å². The molecule has 0 radical (unpaired) electrons. The number of hydrogen-bond donors (Lipinski definition) is 1. The summed E-state index contributed by atoms with van der Waals surface area (Å²) in [6, 6.07) is 7.32. The first-order chi connectivity index (χ1) is 9.54. The number of aryl methyl sites for hydroxylation is 2. The van der Waals surface area contributed by atoms with Crippen LogP contribution in [0.25, 0.3) is 0 Å². The van der Waals surface area contributed by atoms with Crippen molar-refractivity contribution in [2.24, 2.45) is 0 Å². The molecule has 0 atom stereocenters. The van der Waals surface area contributed by atoms with Crippen LogP contribution in [0.3, 0.4) is 0 Å². The predicted octanol–water partition coefficient (Wildman–Crippen LogP) is 2.93. The van der Waals surface area contributed by atoms with Crippen molar-refractivity contribution in [1.82, 2.24) is 4.98 Å². The Morgan fingerprint density at radius 3 is 2.60 bits per heavy atom. The van der Waals surface area contributed by atoms with Crippen LogP contribution < -0.4 is 10.6 Å². The first kappa shape index (κ1) is 14.1. The Balaban J connectivity index is 2.41. The Bertz CT molecular complexity index is 619. The van der Waals surface area contributed by atoms with Crippen molar-refractivity contribution in [3.05, 3.63) is 41.6 Å². The van der Waals surface area contributed by atoms with Gasteiger partial charge in [0.15, 0.2) is 5.89 Å². The van der Waals surface area contributed by atoms with Crippen molar-refractivity contribution in [2.45, 2.75) is 27.2 Å². The van der Waals surface area contributed by atoms with Crippen LogP contribution in [-0.2, 0) is 0 Å². The van der Waals surface area contributed by atoms with Gasteiger partial charge in [0, 0.05) is 13.5 Å². The lowest BCUT2D eigenvalue weighted by atomic mass is 10.2. The number of anilines is 2. The Hall–Kier alpha value is -2.30. The molecule has 2 aromatic rings. The molecule has 0 fully saturated rings. The summed E-state index contributed by atoms with van der Waals surface area (Å²) >= 11 is 0. The van der Waals surface area contributed by atoms with E-state index in [2.05, 4.69) is 4.98 Å². The fraction of sp³-hybridized carbons (Fsp3) is 0.333. The summed E-state index contributed by atoms with van der Waals surface area (Å²) in [6.07, 6.45) is 0.826. The van der Waals surface area contributed by atoms with Crippen molar-refractivity contribution in [3.63, 3.8) is 0 Å². The molecule has 0 aliphatic heterocycles. The largest absolute Gasteiger partial charge is 0.436 e. The third-order valence-electron chi connectivity index (χ3n) is 3.02. The van der Waals surface area contributed by atoms with E-state index in [4.69, 9.17) is 10.2 Å². The van der Waals surface area contributed by atoms with Crippen LogP contribution in [0.2, 0.25) is 0 Å². The van der Waals surface area contributed by atoms with E-state index in [1.54, 1.807) is 24.8 Å². The molecule has 5 heteroatoms. The van der Waals surface area contributed by atoms with Crippen molar-refractivity contribution in [1.29, 1.82) is 0 Å². The highest BCUT2D eigenvalue weighted by Crippen LogP contribution is 2.25. The van der Waals surface area contributed by atoms with E-state index in [9.17, 15) is 4.79 Å². The number of amides is 1. The van der Waals surface area contributed by atoms with Gasteiger partial charge in [0.25, 0.3) is 5.91 Å². The standard InChI is InChI=1S/C15H19N3O2/c1-4-9-18(13-8-6-5-7-12(13)16)15(19)14-10(2)17-11(3)20-14/h5-8H,4,9,16H2,1-3H3. The number of nitrogens with two attached hydrogens (primary N) is 1. The number of oxazole rings is 1. The van der Waals surface area contributed by atoms with Gasteiger partial charge in [-0.25, -0.2) is 4.98 Å². The summed E-state index contributed by atoms with van der Waals surface area (Å²) in [5.74, 6) is 0.561. The molecule has 2 N–H and O–H groups in total. The highest BCUT2D eigenvalue weighted by Gasteiger charge is 2.24. The number of rotatable bonds is 4. The second-order valence-electron chi connectivity index (χ2n) is 4.66. The van der Waals surface area contributed by atoms with Gasteiger partial charge in [0.05, 0.1) is 17.1 Å². The van der Waals surface area contributed by atoms with Crippen LogP contribution in [0.1, 0.15) is 35.5 Å². The van der Waals surface area contributed by atoms with E-state index >= 15 is 0 Å². The van der Waals surface area contributed by atoms with Crippen molar-refractivity contribution < 1.29 is 9.21 Å². The summed E-state index contributed by atoms with van der Waals surface area (Å²) < 4.78 is 5.42. The van der Waals surface area contributed by atoms with Gasteiger partial charge in [-0.1, -0.05) is 19.1 Å². The molecule has 106 valence electrons. The van der Waals surface area contributed by atoms with Crippen molar-refractivity contribution in [3.8, 4) is 0 Å². The van der Waals surface area contributed by atoms with E-state index in [-0.39, 0.29) is 11.7 Å². The van der Waals surface area contributed by atoms with Crippen LogP contribution in [0.4, 0.5) is 11.4 Å². The third-order valence-corrected chi connectivity index (χ3v) is 3.02. The molecule has 0 bridgehead atoms. The average molecular weight is 273 g/mol. The highest BCUT2D eigenvalue weighted by atomic mass is 16.4. The van der Waals surface area contributed by atoms with Crippen molar-refractivity contribution in [2.75, 3.05) is 17.2 Å². The van der Waals surface area contributed by atoms with Crippen LogP contribution >= 0.6 is 0 Å². The predicted molar refractivity (Wildman–Crippen MR) is 78.8 cm³/mol. The Labute approximate surface area is 118 Å². The number of carbonyl (C=O) groups is 1. The zero-order valence-electron chi connectivity index (χ0n) is 12.0. The SMILES string of the molecule is CCCN(C(=O)c1oc(C)nc1C)c1ccccc1N. The average Bonchev–Trinajstić information content (AvgIpc) is 2.75. The topological polar surface area (TPSA) is 72.4 Å². The molecule has 5 nitrogen and oxygen atoms in total. The van der Waals surface area contributed by atoms with Gasteiger partial charge in [-0.05, 0) is 25.5 Å². The molecule has 0 saturated carbocycles. The van der Waals surface area contributed by atoms with E-state index in [1.165, 1.54) is 0 Å². The molecule has 20 heavy (non-hydrogen) atoms. The lowest BCUT2D eigenvalue weighted by molar-refractivity contribution is 0.0958. The van der Waals surface area contributed by atoms with E-state index in [0.29, 0.717) is 29.5 Å². The summed E-state index contributed by atoms with van der Waals surface area (Å²) in [7, 11) is 0. The fourth-order valence-corrected chi connectivity index (χ4v) is 2.14. The number of nitrogens with zero attached hydrogens (tertiary/aromatic N) is 2. The van der Waals surface area contributed by atoms with Gasteiger partial charge in [-0.15, -0.1) is 0 Å². The van der Waals surface area contributed by atoms with Crippen LogP contribution in [-0.4, -0.2) is 17.4 Å². The first-order valence-corrected chi connectivity index (χ1v) is 6.65. The maximum Gasteiger partial charge on any atom is 0.296 e. The minimum Gasteiger partial charge on any atom is -0.436 e. The molecule has 1 heterocycles. The first-order valence-electron chi connectivity index (χ1n) is 6.65. The number of nitrogen functional groups attached to an aromatic ring is 1. The second-order valence-corrected chi connectivity index (χ2v) is 4.66. The smallest absolute Gasteiger partial charge is 0.296 e. The molecule has 1 aromatic heterocycles. The molecule has 1 amide bonds. The van der Waals surface area contributed by atoms with Crippen molar-refractivity contribution >= 4 is 17.3 Å². The monoisotopic (exact) mass is 273 g/mol. The van der Waals surface area contributed by atoms with E-state index in [1.807, 2.05) is 25.1 Å². The number of carbonyl (C=O) groups excluding carboxylic acids is 1. The highest BCUT2D eigenvalue weighted by molar-refractivity contribution is 6.06. The van der Waals surface area contributed by atoms with Gasteiger partial charge < -0.3 is 15.1 Å². The molecule has 0 aliphatic carbocycles. The zero-order valence-corrected chi connectivity index (χ0v) is 12.0. The van der Waals surface area contributed by atoms with Gasteiger partial charge in [-0.2, -0.15) is 0 Å². The minimum atomic E-state index is -0.206. The number of para-hydroxylation sites is 2. The molecular formula is C15H19N3O2. The van der Waals surface area contributed by atoms with Crippen LogP contribution in [0.15, 0.2) is 28.7 Å².